The molecule has 0 aliphatic heterocycles. The Balaban J connectivity index is 1.94. The number of hydrogen-bond acceptors (Lipinski definition) is 4. The molecule has 0 saturated carbocycles. The van der Waals surface area contributed by atoms with Gasteiger partial charge >= 0.3 is 0 Å². The Labute approximate surface area is 136 Å². The third kappa shape index (κ3) is 5.82. The molecular weight excluding hydrogens is 292 g/mol. The van der Waals surface area contributed by atoms with Gasteiger partial charge < -0.3 is 14.8 Å². The summed E-state index contributed by atoms with van der Waals surface area (Å²) in [4.78, 5) is 15.9. The summed E-state index contributed by atoms with van der Waals surface area (Å²) >= 11 is 0. The van der Waals surface area contributed by atoms with E-state index < -0.39 is 0 Å². The summed E-state index contributed by atoms with van der Waals surface area (Å²) in [7, 11) is 0. The van der Waals surface area contributed by atoms with Crippen LogP contribution in [0, 0.1) is 0 Å². The average molecular weight is 312 g/mol. The highest BCUT2D eigenvalue weighted by molar-refractivity contribution is 5.99. The maximum atomic E-state index is 11.9. The van der Waals surface area contributed by atoms with E-state index in [1.807, 2.05) is 31.2 Å². The quantitative estimate of drug-likeness (QED) is 0.627. The molecule has 0 aliphatic carbocycles. The van der Waals surface area contributed by atoms with Crippen LogP contribution in [0.5, 0.6) is 5.75 Å². The van der Waals surface area contributed by atoms with Crippen LogP contribution >= 0.6 is 0 Å². The maximum absolute atomic E-state index is 11.9. The number of rotatable bonds is 7. The van der Waals surface area contributed by atoms with Crippen LogP contribution in [0.1, 0.15) is 19.4 Å². The number of carbonyl (C=O) groups excluding carboxylic acids is 1. The first kappa shape index (κ1) is 16.5. The van der Waals surface area contributed by atoms with Crippen LogP contribution in [-0.2, 0) is 16.1 Å². The van der Waals surface area contributed by atoms with Gasteiger partial charge in [-0.3, -0.25) is 9.78 Å². The summed E-state index contributed by atoms with van der Waals surface area (Å²) < 4.78 is 10.9. The molecule has 0 radical (unpaired) electrons. The van der Waals surface area contributed by atoms with Crippen molar-refractivity contribution in [2.45, 2.75) is 20.5 Å². The van der Waals surface area contributed by atoms with Gasteiger partial charge in [0, 0.05) is 35.8 Å². The topological polar surface area (TPSA) is 60.5 Å². The predicted molar refractivity (Wildman–Crippen MR) is 89.0 cm³/mol. The lowest BCUT2D eigenvalue weighted by Gasteiger charge is -2.09. The molecule has 0 fully saturated rings. The second-order valence-electron chi connectivity index (χ2n) is 4.86. The van der Waals surface area contributed by atoms with Crippen molar-refractivity contribution in [2.75, 3.05) is 11.9 Å². The third-order valence-corrected chi connectivity index (χ3v) is 2.94. The summed E-state index contributed by atoms with van der Waals surface area (Å²) in [5.74, 6) is 1.02. The zero-order valence-electron chi connectivity index (χ0n) is 13.3. The number of anilines is 1. The van der Waals surface area contributed by atoms with Crippen LogP contribution < -0.4 is 10.1 Å². The van der Waals surface area contributed by atoms with E-state index in [0.717, 1.165) is 5.56 Å². The predicted octanol–water partition coefficient (Wildman–Crippen LogP) is 3.54. The molecule has 0 atom stereocenters. The molecule has 0 bridgehead atoms. The number of nitrogens with zero attached hydrogens (tertiary/aromatic N) is 1. The minimum Gasteiger partial charge on any atom is -0.498 e. The van der Waals surface area contributed by atoms with Gasteiger partial charge in [0.15, 0.2) is 0 Å². The molecule has 2 aromatic rings. The Bertz CT molecular complexity index is 669. The first-order valence-corrected chi connectivity index (χ1v) is 7.41. The Morgan fingerprint density at radius 3 is 2.91 bits per heavy atom. The van der Waals surface area contributed by atoms with Gasteiger partial charge in [-0.05, 0) is 32.0 Å². The highest BCUT2D eigenvalue weighted by Gasteiger charge is 2.02. The first-order valence-electron chi connectivity index (χ1n) is 7.41. The first-order chi connectivity index (χ1) is 11.2. The van der Waals surface area contributed by atoms with E-state index in [-0.39, 0.29) is 5.91 Å². The fourth-order valence-electron chi connectivity index (χ4n) is 1.95. The second-order valence-corrected chi connectivity index (χ2v) is 4.86. The number of nitrogens with one attached hydrogen (secondary N) is 1. The van der Waals surface area contributed by atoms with Crippen molar-refractivity contribution in [1.82, 2.24) is 4.98 Å². The van der Waals surface area contributed by atoms with Crippen molar-refractivity contribution in [3.63, 3.8) is 0 Å². The monoisotopic (exact) mass is 312 g/mol. The minimum absolute atomic E-state index is 0.236. The molecule has 0 saturated heterocycles. The summed E-state index contributed by atoms with van der Waals surface area (Å²) in [5.41, 5.74) is 1.65. The van der Waals surface area contributed by atoms with Gasteiger partial charge in [0.05, 0.1) is 12.4 Å². The smallest absolute Gasteiger partial charge is 0.251 e. The van der Waals surface area contributed by atoms with E-state index in [2.05, 4.69) is 10.3 Å². The van der Waals surface area contributed by atoms with Gasteiger partial charge in [-0.25, -0.2) is 0 Å². The molecule has 1 aromatic carbocycles. The van der Waals surface area contributed by atoms with Crippen LogP contribution in [-0.4, -0.2) is 17.5 Å². The highest BCUT2D eigenvalue weighted by Crippen LogP contribution is 2.18. The molecule has 0 spiro atoms. The number of aromatic nitrogens is 1. The Kier molecular flexibility index (Phi) is 6.17. The van der Waals surface area contributed by atoms with Crippen LogP contribution in [0.2, 0.25) is 0 Å². The number of hydrogen-bond donors (Lipinski definition) is 1. The van der Waals surface area contributed by atoms with E-state index in [1.165, 1.54) is 6.08 Å². The summed E-state index contributed by atoms with van der Waals surface area (Å²) in [6.07, 6.45) is 4.90. The van der Waals surface area contributed by atoms with Crippen LogP contribution in [0.4, 0.5) is 5.69 Å². The standard InChI is InChI=1S/C18H20N2O3/c1-3-22-14(2)10-18(21)20-16-7-4-8-17(11-16)23-13-15-6-5-9-19-12-15/h4-12H,3,13H2,1-2H3,(H,20,21)/b14-10-. The van der Waals surface area contributed by atoms with E-state index in [1.54, 1.807) is 31.5 Å². The minimum atomic E-state index is -0.236. The van der Waals surface area contributed by atoms with Crippen molar-refractivity contribution in [1.29, 1.82) is 0 Å². The van der Waals surface area contributed by atoms with Gasteiger partial charge in [-0.15, -0.1) is 0 Å². The van der Waals surface area contributed by atoms with Crippen molar-refractivity contribution >= 4 is 11.6 Å². The molecule has 0 unspecified atom stereocenters. The van der Waals surface area contributed by atoms with Crippen molar-refractivity contribution in [3.8, 4) is 5.75 Å². The van der Waals surface area contributed by atoms with Crippen molar-refractivity contribution in [3.05, 3.63) is 66.2 Å². The summed E-state index contributed by atoms with van der Waals surface area (Å²) in [5, 5.41) is 2.78. The van der Waals surface area contributed by atoms with Crippen LogP contribution in [0.3, 0.4) is 0 Å². The molecule has 0 aliphatic rings. The van der Waals surface area contributed by atoms with Crippen molar-refractivity contribution < 1.29 is 14.3 Å². The number of benzene rings is 1. The highest BCUT2D eigenvalue weighted by atomic mass is 16.5. The molecule has 1 aromatic heterocycles. The molecule has 120 valence electrons. The number of carbonyl (C=O) groups is 1. The second kappa shape index (κ2) is 8.58. The van der Waals surface area contributed by atoms with E-state index in [0.29, 0.717) is 30.4 Å². The molecule has 23 heavy (non-hydrogen) atoms. The largest absolute Gasteiger partial charge is 0.498 e. The number of allylic oxidation sites excluding steroid dienone is 1. The van der Waals surface area contributed by atoms with Gasteiger partial charge in [0.2, 0.25) is 0 Å². The fraction of sp³-hybridized carbons (Fsp3) is 0.222. The summed E-state index contributed by atoms with van der Waals surface area (Å²) in [6.45, 7) is 4.58. The molecule has 2 rings (SSSR count). The SMILES string of the molecule is CCO/C(C)=C\C(=O)Nc1cccc(OCc2cccnc2)c1. The molecule has 5 heteroatoms. The lowest BCUT2D eigenvalue weighted by molar-refractivity contribution is -0.112. The molecule has 1 amide bonds. The normalized spacial score (nSPS) is 11.0. The molecular formula is C18H20N2O3. The Morgan fingerprint density at radius 2 is 2.17 bits per heavy atom. The third-order valence-electron chi connectivity index (χ3n) is 2.94. The average Bonchev–Trinajstić information content (AvgIpc) is 2.54. The number of ether oxygens (including phenoxy) is 2. The van der Waals surface area contributed by atoms with Gasteiger partial charge in [0.1, 0.15) is 12.4 Å². The molecule has 1 heterocycles. The van der Waals surface area contributed by atoms with Crippen molar-refractivity contribution in [2.24, 2.45) is 0 Å². The maximum Gasteiger partial charge on any atom is 0.251 e. The molecule has 5 nitrogen and oxygen atoms in total. The zero-order chi connectivity index (χ0) is 16.5. The van der Waals surface area contributed by atoms with E-state index in [9.17, 15) is 4.79 Å². The summed E-state index contributed by atoms with van der Waals surface area (Å²) in [6, 6.07) is 11.1. The Morgan fingerprint density at radius 1 is 1.30 bits per heavy atom. The molecule has 1 N–H and O–H groups in total. The lowest BCUT2D eigenvalue weighted by Crippen LogP contribution is -2.09. The van der Waals surface area contributed by atoms with Crippen LogP contribution in [0.15, 0.2) is 60.6 Å². The van der Waals surface area contributed by atoms with E-state index >= 15 is 0 Å². The zero-order valence-corrected chi connectivity index (χ0v) is 13.3. The van der Waals surface area contributed by atoms with Gasteiger partial charge in [0.25, 0.3) is 5.91 Å². The Hall–Kier alpha value is -2.82. The number of amides is 1. The van der Waals surface area contributed by atoms with E-state index in [4.69, 9.17) is 9.47 Å². The van der Waals surface area contributed by atoms with Gasteiger partial charge in [-0.1, -0.05) is 12.1 Å². The lowest BCUT2D eigenvalue weighted by atomic mass is 10.3. The number of pyridine rings is 1. The van der Waals surface area contributed by atoms with Crippen LogP contribution in [0.25, 0.3) is 0 Å². The fourth-order valence-corrected chi connectivity index (χ4v) is 1.95. The van der Waals surface area contributed by atoms with Gasteiger partial charge in [-0.2, -0.15) is 0 Å².